The molecule has 0 saturated heterocycles. The number of carbonyl (C=O) groups excluding carboxylic acids is 1. The van der Waals surface area contributed by atoms with Crippen LogP contribution in [0.25, 0.3) is 0 Å². The maximum atomic E-state index is 11.6. The summed E-state index contributed by atoms with van der Waals surface area (Å²) in [5, 5.41) is 15.9. The second-order valence-electron chi connectivity index (χ2n) is 6.66. The quantitative estimate of drug-likeness (QED) is 0.722. The van der Waals surface area contributed by atoms with E-state index < -0.39 is 11.7 Å². The third-order valence-corrected chi connectivity index (χ3v) is 3.77. The molecule has 134 valence electrons. The van der Waals surface area contributed by atoms with Crippen LogP contribution in [0.5, 0.6) is 5.75 Å². The van der Waals surface area contributed by atoms with Gasteiger partial charge in [-0.05, 0) is 50.1 Å². The van der Waals surface area contributed by atoms with Crippen molar-refractivity contribution in [3.8, 4) is 5.75 Å². The molecule has 0 bridgehead atoms. The van der Waals surface area contributed by atoms with Crippen LogP contribution in [0.15, 0.2) is 42.5 Å². The molecule has 5 nitrogen and oxygen atoms in total. The van der Waals surface area contributed by atoms with Gasteiger partial charge in [0.05, 0.1) is 5.02 Å². The number of phenols is 1. The number of halogens is 1. The molecule has 0 unspecified atom stereocenters. The number of amides is 1. The summed E-state index contributed by atoms with van der Waals surface area (Å²) in [5.41, 5.74) is 2.19. The highest BCUT2D eigenvalue weighted by atomic mass is 35.5. The zero-order valence-corrected chi connectivity index (χ0v) is 15.4. The Balaban J connectivity index is 1.85. The second kappa shape index (κ2) is 8.12. The standard InChI is InChI=1S/C19H23ClN2O3/c1-19(2,3)25-18(24)22-11-13-7-9-15(10-8-13)21-12-14-5-4-6-16(23)17(14)20/h4-10,21,23H,11-12H2,1-3H3,(H,22,24). The number of anilines is 1. The Labute approximate surface area is 153 Å². The number of hydrogen-bond donors (Lipinski definition) is 3. The summed E-state index contributed by atoms with van der Waals surface area (Å²) >= 11 is 6.06. The molecule has 6 heteroatoms. The van der Waals surface area contributed by atoms with Gasteiger partial charge >= 0.3 is 6.09 Å². The van der Waals surface area contributed by atoms with E-state index in [-0.39, 0.29) is 5.75 Å². The number of phenolic OH excluding ortho intramolecular Hbond substituents is 1. The molecule has 0 fully saturated rings. The Morgan fingerprint density at radius 3 is 2.44 bits per heavy atom. The average molecular weight is 363 g/mol. The fourth-order valence-electron chi connectivity index (χ4n) is 2.13. The number of aromatic hydroxyl groups is 1. The predicted molar refractivity (Wildman–Crippen MR) is 100.0 cm³/mol. The van der Waals surface area contributed by atoms with Crippen molar-refractivity contribution in [2.45, 2.75) is 39.5 Å². The lowest BCUT2D eigenvalue weighted by atomic mass is 10.2. The van der Waals surface area contributed by atoms with Crippen LogP contribution in [0.1, 0.15) is 31.9 Å². The van der Waals surface area contributed by atoms with E-state index in [0.717, 1.165) is 16.8 Å². The highest BCUT2D eigenvalue weighted by Gasteiger charge is 2.15. The van der Waals surface area contributed by atoms with E-state index in [1.165, 1.54) is 0 Å². The van der Waals surface area contributed by atoms with Gasteiger partial charge in [0.2, 0.25) is 0 Å². The van der Waals surface area contributed by atoms with Gasteiger partial charge in [0.15, 0.2) is 0 Å². The molecule has 0 aromatic heterocycles. The van der Waals surface area contributed by atoms with Crippen molar-refractivity contribution in [1.82, 2.24) is 5.32 Å². The normalized spacial score (nSPS) is 11.0. The SMILES string of the molecule is CC(C)(C)OC(=O)NCc1ccc(NCc2cccc(O)c2Cl)cc1. The number of rotatable bonds is 5. The van der Waals surface area contributed by atoms with Crippen LogP contribution in [0.3, 0.4) is 0 Å². The molecule has 0 aliphatic heterocycles. The Morgan fingerprint density at radius 2 is 1.80 bits per heavy atom. The average Bonchev–Trinajstić information content (AvgIpc) is 2.54. The third kappa shape index (κ3) is 6.19. The van der Waals surface area contributed by atoms with Crippen molar-refractivity contribution in [3.63, 3.8) is 0 Å². The number of hydrogen-bond acceptors (Lipinski definition) is 4. The smallest absolute Gasteiger partial charge is 0.407 e. The number of alkyl carbamates (subject to hydrolysis) is 1. The first-order chi connectivity index (χ1) is 11.7. The molecule has 2 rings (SSSR count). The van der Waals surface area contributed by atoms with E-state index in [0.29, 0.717) is 18.1 Å². The summed E-state index contributed by atoms with van der Waals surface area (Å²) in [5.74, 6) is 0.0736. The lowest BCUT2D eigenvalue weighted by Crippen LogP contribution is -2.32. The zero-order chi connectivity index (χ0) is 18.4. The first-order valence-electron chi connectivity index (χ1n) is 8.00. The molecule has 2 aromatic rings. The molecule has 0 aliphatic rings. The van der Waals surface area contributed by atoms with E-state index in [9.17, 15) is 9.90 Å². The maximum Gasteiger partial charge on any atom is 0.407 e. The zero-order valence-electron chi connectivity index (χ0n) is 14.6. The molecule has 0 atom stereocenters. The molecule has 0 spiro atoms. The Bertz CT molecular complexity index is 724. The molecule has 0 radical (unpaired) electrons. The minimum Gasteiger partial charge on any atom is -0.506 e. The van der Waals surface area contributed by atoms with Gasteiger partial charge in [0.1, 0.15) is 11.4 Å². The molecular formula is C19H23ClN2O3. The molecule has 0 heterocycles. The van der Waals surface area contributed by atoms with Gasteiger partial charge in [-0.2, -0.15) is 0 Å². The van der Waals surface area contributed by atoms with Crippen LogP contribution in [-0.4, -0.2) is 16.8 Å². The van der Waals surface area contributed by atoms with Gasteiger partial charge in [-0.3, -0.25) is 0 Å². The molecule has 1 amide bonds. The summed E-state index contributed by atoms with van der Waals surface area (Å²) in [6.45, 7) is 6.37. The van der Waals surface area contributed by atoms with Gasteiger partial charge in [-0.15, -0.1) is 0 Å². The minimum absolute atomic E-state index is 0.0736. The van der Waals surface area contributed by atoms with Gasteiger partial charge in [0, 0.05) is 18.8 Å². The highest BCUT2D eigenvalue weighted by Crippen LogP contribution is 2.27. The van der Waals surface area contributed by atoms with Crippen LogP contribution in [-0.2, 0) is 17.8 Å². The van der Waals surface area contributed by atoms with Crippen molar-refractivity contribution in [2.75, 3.05) is 5.32 Å². The van der Waals surface area contributed by atoms with Gasteiger partial charge in [-0.1, -0.05) is 35.9 Å². The topological polar surface area (TPSA) is 70.6 Å². The summed E-state index contributed by atoms with van der Waals surface area (Å²) in [7, 11) is 0. The van der Waals surface area contributed by atoms with E-state index in [2.05, 4.69) is 10.6 Å². The van der Waals surface area contributed by atoms with E-state index in [1.807, 2.05) is 51.1 Å². The molecule has 0 saturated carbocycles. The summed E-state index contributed by atoms with van der Waals surface area (Å²) in [6, 6.07) is 12.8. The molecular weight excluding hydrogens is 340 g/mol. The number of carbonyl (C=O) groups is 1. The number of ether oxygens (including phenoxy) is 1. The monoisotopic (exact) mass is 362 g/mol. The summed E-state index contributed by atoms with van der Waals surface area (Å²) in [4.78, 5) is 11.6. The Hall–Kier alpha value is -2.40. The van der Waals surface area contributed by atoms with Crippen molar-refractivity contribution >= 4 is 23.4 Å². The molecule has 25 heavy (non-hydrogen) atoms. The lowest BCUT2D eigenvalue weighted by Gasteiger charge is -2.19. The maximum absolute atomic E-state index is 11.6. The fraction of sp³-hybridized carbons (Fsp3) is 0.316. The van der Waals surface area contributed by atoms with Crippen LogP contribution in [0.2, 0.25) is 5.02 Å². The highest BCUT2D eigenvalue weighted by molar-refractivity contribution is 6.32. The van der Waals surface area contributed by atoms with Crippen molar-refractivity contribution in [1.29, 1.82) is 0 Å². The Kier molecular flexibility index (Phi) is 6.15. The van der Waals surface area contributed by atoms with Crippen molar-refractivity contribution < 1.29 is 14.6 Å². The second-order valence-corrected chi connectivity index (χ2v) is 7.03. The van der Waals surface area contributed by atoms with Crippen molar-refractivity contribution in [2.24, 2.45) is 0 Å². The first-order valence-corrected chi connectivity index (χ1v) is 8.38. The largest absolute Gasteiger partial charge is 0.506 e. The van der Waals surface area contributed by atoms with E-state index >= 15 is 0 Å². The first kappa shape index (κ1) is 18.9. The van der Waals surface area contributed by atoms with Gasteiger partial charge in [-0.25, -0.2) is 4.79 Å². The lowest BCUT2D eigenvalue weighted by molar-refractivity contribution is 0.0523. The Morgan fingerprint density at radius 1 is 1.12 bits per heavy atom. The fourth-order valence-corrected chi connectivity index (χ4v) is 2.32. The minimum atomic E-state index is -0.509. The molecule has 3 N–H and O–H groups in total. The van der Waals surface area contributed by atoms with Gasteiger partial charge in [0.25, 0.3) is 0 Å². The molecule has 2 aromatic carbocycles. The van der Waals surface area contributed by atoms with E-state index in [4.69, 9.17) is 16.3 Å². The van der Waals surface area contributed by atoms with Crippen molar-refractivity contribution in [3.05, 3.63) is 58.6 Å². The van der Waals surface area contributed by atoms with Crippen LogP contribution in [0.4, 0.5) is 10.5 Å². The number of benzene rings is 2. The predicted octanol–water partition coefficient (Wildman–Crippen LogP) is 4.68. The summed E-state index contributed by atoms with van der Waals surface area (Å²) < 4.78 is 5.20. The molecule has 0 aliphatic carbocycles. The third-order valence-electron chi connectivity index (χ3n) is 3.33. The van der Waals surface area contributed by atoms with Gasteiger partial charge < -0.3 is 20.5 Å². The van der Waals surface area contributed by atoms with Crippen LogP contribution in [0, 0.1) is 0 Å². The van der Waals surface area contributed by atoms with Crippen LogP contribution >= 0.6 is 11.6 Å². The van der Waals surface area contributed by atoms with Crippen LogP contribution < -0.4 is 10.6 Å². The van der Waals surface area contributed by atoms with E-state index in [1.54, 1.807) is 12.1 Å². The summed E-state index contributed by atoms with van der Waals surface area (Å²) in [6.07, 6.45) is -0.437. The number of nitrogens with one attached hydrogen (secondary N) is 2.